The smallest absolute Gasteiger partial charge is 0.150 e. The number of rotatable bonds is 5. The highest BCUT2D eigenvalue weighted by Crippen LogP contribution is 2.15. The van der Waals surface area contributed by atoms with Crippen molar-refractivity contribution < 1.29 is 4.52 Å². The molecule has 1 rings (SSSR count). The maximum Gasteiger partial charge on any atom is 0.150 e. The lowest BCUT2D eigenvalue weighted by Gasteiger charge is -2.28. The summed E-state index contributed by atoms with van der Waals surface area (Å²) in [7, 11) is 2.06. The summed E-state index contributed by atoms with van der Waals surface area (Å²) < 4.78 is 5.16. The van der Waals surface area contributed by atoms with Crippen LogP contribution in [0.15, 0.2) is 10.6 Å². The Morgan fingerprint density at radius 1 is 1.53 bits per heavy atom. The molecule has 1 heterocycles. The molecule has 0 aromatic carbocycles. The second-order valence-electron chi connectivity index (χ2n) is 4.98. The van der Waals surface area contributed by atoms with E-state index in [0.717, 1.165) is 24.5 Å². The molecule has 0 saturated carbocycles. The summed E-state index contributed by atoms with van der Waals surface area (Å²) in [5, 5.41) is 3.86. The molecule has 0 aliphatic carbocycles. The van der Waals surface area contributed by atoms with E-state index in [1.165, 1.54) is 0 Å². The zero-order valence-corrected chi connectivity index (χ0v) is 10.1. The zero-order chi connectivity index (χ0) is 11.5. The Labute approximate surface area is 91.4 Å². The predicted octanol–water partition coefficient (Wildman–Crippen LogP) is 1.40. The van der Waals surface area contributed by atoms with Gasteiger partial charge in [-0.2, -0.15) is 0 Å². The Morgan fingerprint density at radius 3 is 2.67 bits per heavy atom. The highest BCUT2D eigenvalue weighted by atomic mass is 16.5. The molecule has 1 aromatic heterocycles. The quantitative estimate of drug-likeness (QED) is 0.800. The molecule has 0 radical (unpaired) electrons. The third kappa shape index (κ3) is 4.01. The molecule has 4 nitrogen and oxygen atoms in total. The van der Waals surface area contributed by atoms with Crippen LogP contribution in [0.3, 0.4) is 0 Å². The molecule has 2 N–H and O–H groups in total. The molecule has 4 heteroatoms. The average molecular weight is 211 g/mol. The van der Waals surface area contributed by atoms with Crippen molar-refractivity contribution in [3.63, 3.8) is 0 Å². The van der Waals surface area contributed by atoms with Crippen LogP contribution in [-0.2, 0) is 6.54 Å². The zero-order valence-electron chi connectivity index (χ0n) is 10.1. The van der Waals surface area contributed by atoms with E-state index in [-0.39, 0.29) is 5.41 Å². The number of hydrogen-bond donors (Lipinski definition) is 1. The van der Waals surface area contributed by atoms with Crippen molar-refractivity contribution in [3.05, 3.63) is 17.5 Å². The lowest BCUT2D eigenvalue weighted by molar-refractivity contribution is 0.192. The van der Waals surface area contributed by atoms with Crippen LogP contribution in [0, 0.1) is 12.3 Å². The van der Waals surface area contributed by atoms with Crippen molar-refractivity contribution in [2.24, 2.45) is 11.1 Å². The molecule has 0 saturated heterocycles. The lowest BCUT2D eigenvalue weighted by atomic mass is 9.93. The maximum absolute atomic E-state index is 5.69. The minimum absolute atomic E-state index is 0.143. The summed E-state index contributed by atoms with van der Waals surface area (Å²) >= 11 is 0. The predicted molar refractivity (Wildman–Crippen MR) is 60.4 cm³/mol. The lowest BCUT2D eigenvalue weighted by Crippen LogP contribution is -2.36. The fourth-order valence-corrected chi connectivity index (χ4v) is 1.61. The van der Waals surface area contributed by atoms with Gasteiger partial charge in [0.1, 0.15) is 0 Å². The van der Waals surface area contributed by atoms with Crippen LogP contribution in [0.5, 0.6) is 0 Å². The number of hydrogen-bond acceptors (Lipinski definition) is 4. The number of nitrogens with zero attached hydrogens (tertiary/aromatic N) is 2. The summed E-state index contributed by atoms with van der Waals surface area (Å²) in [6.07, 6.45) is 0. The standard InChI is InChI=1S/C11H21N3O/c1-9-5-10(15-13-9)6-14(4)8-11(2,3)7-12/h5H,6-8,12H2,1-4H3. The Bertz CT molecular complexity index is 307. The van der Waals surface area contributed by atoms with Gasteiger partial charge in [0.25, 0.3) is 0 Å². The Hall–Kier alpha value is -0.870. The van der Waals surface area contributed by atoms with E-state index in [4.69, 9.17) is 10.3 Å². The minimum Gasteiger partial charge on any atom is -0.360 e. The van der Waals surface area contributed by atoms with Crippen LogP contribution in [-0.4, -0.2) is 30.2 Å². The summed E-state index contributed by atoms with van der Waals surface area (Å²) in [6, 6.07) is 1.96. The van der Waals surface area contributed by atoms with Crippen molar-refractivity contribution in [3.8, 4) is 0 Å². The Kier molecular flexibility index (Phi) is 3.88. The van der Waals surface area contributed by atoms with Crippen molar-refractivity contribution >= 4 is 0 Å². The van der Waals surface area contributed by atoms with E-state index in [2.05, 4.69) is 31.0 Å². The molecule has 0 fully saturated rings. The van der Waals surface area contributed by atoms with Crippen LogP contribution in [0.2, 0.25) is 0 Å². The normalized spacial score (nSPS) is 12.4. The highest BCUT2D eigenvalue weighted by Gasteiger charge is 2.18. The van der Waals surface area contributed by atoms with E-state index in [1.54, 1.807) is 0 Å². The van der Waals surface area contributed by atoms with Gasteiger partial charge in [-0.15, -0.1) is 0 Å². The second kappa shape index (κ2) is 4.77. The van der Waals surface area contributed by atoms with Gasteiger partial charge >= 0.3 is 0 Å². The van der Waals surface area contributed by atoms with Crippen LogP contribution in [0.1, 0.15) is 25.3 Å². The van der Waals surface area contributed by atoms with E-state index >= 15 is 0 Å². The average Bonchev–Trinajstić information content (AvgIpc) is 2.50. The van der Waals surface area contributed by atoms with E-state index < -0.39 is 0 Å². The van der Waals surface area contributed by atoms with Gasteiger partial charge in [-0.1, -0.05) is 19.0 Å². The fourth-order valence-electron chi connectivity index (χ4n) is 1.61. The van der Waals surface area contributed by atoms with Crippen LogP contribution in [0.25, 0.3) is 0 Å². The minimum atomic E-state index is 0.143. The summed E-state index contributed by atoms with van der Waals surface area (Å²) in [6.45, 7) is 8.67. The summed E-state index contributed by atoms with van der Waals surface area (Å²) in [5.41, 5.74) is 6.76. The monoisotopic (exact) mass is 211 g/mol. The van der Waals surface area contributed by atoms with Crippen LogP contribution in [0.4, 0.5) is 0 Å². The molecule has 1 aromatic rings. The summed E-state index contributed by atoms with van der Waals surface area (Å²) in [5.74, 6) is 0.905. The first kappa shape index (κ1) is 12.2. The number of nitrogens with two attached hydrogens (primary N) is 1. The van der Waals surface area contributed by atoms with Gasteiger partial charge in [0.2, 0.25) is 0 Å². The molecule has 0 bridgehead atoms. The molecule has 0 aliphatic rings. The first-order valence-corrected chi connectivity index (χ1v) is 5.24. The SMILES string of the molecule is Cc1cc(CN(C)CC(C)(C)CN)on1. The third-order valence-electron chi connectivity index (χ3n) is 2.35. The van der Waals surface area contributed by atoms with E-state index in [1.807, 2.05) is 13.0 Å². The van der Waals surface area contributed by atoms with Gasteiger partial charge in [0.15, 0.2) is 5.76 Å². The van der Waals surface area contributed by atoms with Gasteiger partial charge in [0, 0.05) is 12.6 Å². The van der Waals surface area contributed by atoms with Gasteiger partial charge in [-0.05, 0) is 25.9 Å². The maximum atomic E-state index is 5.69. The highest BCUT2D eigenvalue weighted by molar-refractivity contribution is 5.02. The first-order valence-electron chi connectivity index (χ1n) is 5.24. The fraction of sp³-hybridized carbons (Fsp3) is 0.727. The molecule has 0 aliphatic heterocycles. The largest absolute Gasteiger partial charge is 0.360 e. The van der Waals surface area contributed by atoms with Gasteiger partial charge < -0.3 is 10.3 Å². The molecule has 86 valence electrons. The van der Waals surface area contributed by atoms with Crippen molar-refractivity contribution in [1.29, 1.82) is 0 Å². The van der Waals surface area contributed by atoms with Crippen molar-refractivity contribution in [1.82, 2.24) is 10.1 Å². The van der Waals surface area contributed by atoms with E-state index in [0.29, 0.717) is 6.54 Å². The molecule has 15 heavy (non-hydrogen) atoms. The molecule has 0 spiro atoms. The van der Waals surface area contributed by atoms with Gasteiger partial charge in [-0.25, -0.2) is 0 Å². The van der Waals surface area contributed by atoms with E-state index in [9.17, 15) is 0 Å². The molecular weight excluding hydrogens is 190 g/mol. The Balaban J connectivity index is 2.46. The molecule has 0 atom stereocenters. The molecule has 0 unspecified atom stereocenters. The molecular formula is C11H21N3O. The van der Waals surface area contributed by atoms with Gasteiger partial charge in [-0.3, -0.25) is 4.90 Å². The second-order valence-corrected chi connectivity index (χ2v) is 4.98. The van der Waals surface area contributed by atoms with Crippen molar-refractivity contribution in [2.75, 3.05) is 20.1 Å². The Morgan fingerprint density at radius 2 is 2.20 bits per heavy atom. The van der Waals surface area contributed by atoms with Crippen molar-refractivity contribution in [2.45, 2.75) is 27.3 Å². The number of aromatic nitrogens is 1. The van der Waals surface area contributed by atoms with Gasteiger partial charge in [0.05, 0.1) is 12.2 Å². The molecule has 0 amide bonds. The number of aryl methyl sites for hydroxylation is 1. The topological polar surface area (TPSA) is 55.3 Å². The summed E-state index contributed by atoms with van der Waals surface area (Å²) in [4.78, 5) is 2.20. The van der Waals surface area contributed by atoms with Crippen LogP contribution < -0.4 is 5.73 Å². The van der Waals surface area contributed by atoms with Crippen LogP contribution >= 0.6 is 0 Å². The third-order valence-corrected chi connectivity index (χ3v) is 2.35. The first-order chi connectivity index (χ1) is 6.93.